The Morgan fingerprint density at radius 3 is 2.45 bits per heavy atom. The van der Waals surface area contributed by atoms with Crippen LogP contribution in [0.5, 0.6) is 5.75 Å². The Balaban J connectivity index is 1.64. The summed E-state index contributed by atoms with van der Waals surface area (Å²) in [5, 5.41) is 5.36. The summed E-state index contributed by atoms with van der Waals surface area (Å²) in [5.41, 5.74) is -1.73. The maximum Gasteiger partial charge on any atom is 0.416 e. The van der Waals surface area contributed by atoms with Gasteiger partial charge in [-0.25, -0.2) is 13.2 Å². The van der Waals surface area contributed by atoms with Crippen molar-refractivity contribution in [3.05, 3.63) is 48.0 Å². The fourth-order valence-corrected chi connectivity index (χ4v) is 5.88. The number of hydrogen-bond acceptors (Lipinski definition) is 6. The molecule has 1 atom stereocenters. The minimum absolute atomic E-state index is 0.00269. The lowest BCUT2D eigenvalue weighted by molar-refractivity contribution is -0.137. The molecule has 0 aromatic heterocycles. The Kier molecular flexibility index (Phi) is 8.25. The third kappa shape index (κ3) is 7.18. The van der Waals surface area contributed by atoms with Gasteiger partial charge in [-0.05, 0) is 75.9 Å². The van der Waals surface area contributed by atoms with Crippen molar-refractivity contribution in [2.75, 3.05) is 22.7 Å². The molecule has 4 rings (SSSR count). The number of rotatable bonds is 7. The predicted octanol–water partition coefficient (Wildman–Crippen LogP) is 5.32. The molecule has 2 N–H and O–H groups in total. The van der Waals surface area contributed by atoms with E-state index in [0.29, 0.717) is 18.5 Å². The minimum atomic E-state index is -4.75. The van der Waals surface area contributed by atoms with Crippen LogP contribution in [0.3, 0.4) is 0 Å². The second-order valence-electron chi connectivity index (χ2n) is 10.9. The predicted molar refractivity (Wildman–Crippen MR) is 142 cm³/mol. The van der Waals surface area contributed by atoms with Gasteiger partial charge < -0.3 is 14.8 Å². The van der Waals surface area contributed by atoms with E-state index in [4.69, 9.17) is 9.47 Å². The zero-order valence-electron chi connectivity index (χ0n) is 22.4. The van der Waals surface area contributed by atoms with E-state index < -0.39 is 44.5 Å². The summed E-state index contributed by atoms with van der Waals surface area (Å²) < 4.78 is 79.7. The molecule has 9 nitrogen and oxygen atoms in total. The third-order valence-corrected chi connectivity index (χ3v) is 8.29. The van der Waals surface area contributed by atoms with Crippen LogP contribution in [0.2, 0.25) is 0 Å². The molecule has 218 valence electrons. The lowest BCUT2D eigenvalue weighted by Crippen LogP contribution is -2.46. The molecule has 1 fully saturated rings. The lowest BCUT2D eigenvalue weighted by atomic mass is 9.85. The largest absolute Gasteiger partial charge is 0.486 e. The monoisotopic (exact) mass is 583 g/mol. The molecule has 0 saturated heterocycles. The molecular weight excluding hydrogens is 551 g/mol. The summed E-state index contributed by atoms with van der Waals surface area (Å²) in [6, 6.07) is 7.66. The highest BCUT2D eigenvalue weighted by Gasteiger charge is 2.38. The molecule has 40 heavy (non-hydrogen) atoms. The van der Waals surface area contributed by atoms with Gasteiger partial charge in [0.05, 0.1) is 29.1 Å². The number of amides is 2. The van der Waals surface area contributed by atoms with Gasteiger partial charge in [-0.1, -0.05) is 12.5 Å². The fraction of sp³-hybridized carbons (Fsp3) is 0.481. The molecule has 2 amide bonds. The smallest absolute Gasteiger partial charge is 0.416 e. The highest BCUT2D eigenvalue weighted by molar-refractivity contribution is 7.92. The first-order valence-electron chi connectivity index (χ1n) is 12.9. The quantitative estimate of drug-likeness (QED) is 0.457. The van der Waals surface area contributed by atoms with Crippen LogP contribution in [0.15, 0.2) is 47.4 Å². The zero-order chi connectivity index (χ0) is 29.3. The third-order valence-electron chi connectivity index (χ3n) is 6.51. The van der Waals surface area contributed by atoms with Crippen LogP contribution in [0.4, 0.5) is 29.3 Å². The topological polar surface area (TPSA) is 114 Å². The molecule has 2 aliphatic rings. The number of ether oxygens (including phenoxy) is 2. The van der Waals surface area contributed by atoms with Crippen LogP contribution >= 0.6 is 0 Å². The SMILES string of the molecule is CC(C)(C)OC(=O)Nc1ccc2c(c1)N(S(=O)(=O)c1cccc(C(F)(F)F)c1)C[C@H](CC(=O)NCC1CCC1)O2. The molecule has 1 aliphatic heterocycles. The van der Waals surface area contributed by atoms with Crippen molar-refractivity contribution in [1.29, 1.82) is 0 Å². The van der Waals surface area contributed by atoms with Crippen molar-refractivity contribution < 1.29 is 40.7 Å². The number of nitrogens with zero attached hydrogens (tertiary/aromatic N) is 1. The molecule has 1 aliphatic carbocycles. The number of hydrogen-bond donors (Lipinski definition) is 2. The van der Waals surface area contributed by atoms with Crippen LogP contribution in [0.1, 0.15) is 52.0 Å². The summed E-state index contributed by atoms with van der Waals surface area (Å²) in [5.74, 6) is 0.193. The molecule has 0 spiro atoms. The van der Waals surface area contributed by atoms with Crippen LogP contribution in [0.25, 0.3) is 0 Å². The second-order valence-corrected chi connectivity index (χ2v) is 12.8. The molecule has 1 heterocycles. The van der Waals surface area contributed by atoms with E-state index in [9.17, 15) is 31.2 Å². The minimum Gasteiger partial charge on any atom is -0.486 e. The van der Waals surface area contributed by atoms with Crippen LogP contribution in [-0.4, -0.2) is 45.2 Å². The van der Waals surface area contributed by atoms with Crippen molar-refractivity contribution in [2.45, 2.75) is 69.2 Å². The number of halogens is 3. The summed E-state index contributed by atoms with van der Waals surface area (Å²) in [6.07, 6.45) is -3.39. The summed E-state index contributed by atoms with van der Waals surface area (Å²) in [7, 11) is -4.54. The molecule has 0 bridgehead atoms. The Hall–Kier alpha value is -3.48. The van der Waals surface area contributed by atoms with Crippen molar-refractivity contribution in [3.63, 3.8) is 0 Å². The average molecular weight is 584 g/mol. The van der Waals surface area contributed by atoms with Gasteiger partial charge in [0, 0.05) is 12.2 Å². The first kappa shape index (κ1) is 29.5. The lowest BCUT2D eigenvalue weighted by Gasteiger charge is -2.36. The van der Waals surface area contributed by atoms with Gasteiger partial charge in [-0.2, -0.15) is 13.2 Å². The van der Waals surface area contributed by atoms with Gasteiger partial charge in [0.25, 0.3) is 10.0 Å². The Bertz CT molecular complexity index is 1370. The second kappa shape index (κ2) is 11.2. The van der Waals surface area contributed by atoms with Crippen LogP contribution < -0.4 is 19.7 Å². The van der Waals surface area contributed by atoms with Gasteiger partial charge in [0.1, 0.15) is 17.5 Å². The van der Waals surface area contributed by atoms with E-state index in [-0.39, 0.29) is 36.0 Å². The van der Waals surface area contributed by atoms with Crippen molar-refractivity contribution >= 4 is 33.4 Å². The normalized spacial score (nSPS) is 17.8. The number of nitrogens with one attached hydrogen (secondary N) is 2. The number of carbonyl (C=O) groups excluding carboxylic acids is 2. The number of alkyl halides is 3. The first-order chi connectivity index (χ1) is 18.6. The number of benzene rings is 2. The Morgan fingerprint density at radius 1 is 1.10 bits per heavy atom. The van der Waals surface area contributed by atoms with Gasteiger partial charge >= 0.3 is 12.3 Å². The van der Waals surface area contributed by atoms with Crippen LogP contribution in [0, 0.1) is 5.92 Å². The number of sulfonamides is 1. The Labute approximate surface area is 231 Å². The first-order valence-corrected chi connectivity index (χ1v) is 14.3. The van der Waals surface area contributed by atoms with Gasteiger partial charge in [-0.3, -0.25) is 14.4 Å². The van der Waals surface area contributed by atoms with Gasteiger partial charge in [0.2, 0.25) is 5.91 Å². The van der Waals surface area contributed by atoms with Crippen LogP contribution in [-0.2, 0) is 25.7 Å². The fourth-order valence-electron chi connectivity index (χ4n) is 4.34. The standard InChI is InChI=1S/C27H32F3N3O6S/c1-26(2,3)39-25(35)32-19-10-11-23-22(13-19)33(16-20(38-23)14-24(34)31-15-17-6-4-7-17)40(36,37)21-9-5-8-18(12-21)27(28,29)30/h5,8-13,17,20H,4,6-7,14-16H2,1-3H3,(H,31,34)(H,32,35)/t20-/m0/s1. The number of fused-ring (bicyclic) bond motifs is 1. The molecule has 2 aromatic carbocycles. The maximum atomic E-state index is 13.7. The highest BCUT2D eigenvalue weighted by Crippen LogP contribution is 2.40. The summed E-state index contributed by atoms with van der Waals surface area (Å²) in [4.78, 5) is 24.3. The van der Waals surface area contributed by atoms with E-state index in [1.807, 2.05) is 0 Å². The zero-order valence-corrected chi connectivity index (χ0v) is 23.2. The van der Waals surface area contributed by atoms with Gasteiger partial charge in [-0.15, -0.1) is 0 Å². The number of carbonyl (C=O) groups is 2. The van der Waals surface area contributed by atoms with E-state index in [2.05, 4.69) is 10.6 Å². The molecular formula is C27H32F3N3O6S. The molecule has 0 radical (unpaired) electrons. The number of anilines is 2. The van der Waals surface area contributed by atoms with Crippen molar-refractivity contribution in [3.8, 4) is 5.75 Å². The van der Waals surface area contributed by atoms with E-state index in [1.54, 1.807) is 20.8 Å². The molecule has 13 heteroatoms. The van der Waals surface area contributed by atoms with Crippen molar-refractivity contribution in [2.24, 2.45) is 5.92 Å². The molecule has 1 saturated carbocycles. The van der Waals surface area contributed by atoms with Crippen molar-refractivity contribution in [1.82, 2.24) is 5.32 Å². The van der Waals surface area contributed by atoms with E-state index in [1.165, 1.54) is 18.2 Å². The van der Waals surface area contributed by atoms with Gasteiger partial charge in [0.15, 0.2) is 0 Å². The average Bonchev–Trinajstić information content (AvgIpc) is 2.81. The molecule has 2 aromatic rings. The summed E-state index contributed by atoms with van der Waals surface area (Å²) in [6.45, 7) is 5.23. The maximum absolute atomic E-state index is 13.7. The highest BCUT2D eigenvalue weighted by atomic mass is 32.2. The molecule has 0 unspecified atom stereocenters. The Morgan fingerprint density at radius 2 is 1.82 bits per heavy atom. The van der Waals surface area contributed by atoms with E-state index in [0.717, 1.165) is 41.8 Å². The van der Waals surface area contributed by atoms with E-state index >= 15 is 0 Å². The summed E-state index contributed by atoms with van der Waals surface area (Å²) >= 11 is 0.